The topological polar surface area (TPSA) is 31.4 Å². The number of fused-ring (bicyclic) bond motifs is 5. The third kappa shape index (κ3) is 1.35. The van der Waals surface area contributed by atoms with Gasteiger partial charge in [0.1, 0.15) is 0 Å². The summed E-state index contributed by atoms with van der Waals surface area (Å²) in [5.41, 5.74) is 4.23. The molecule has 2 aromatic heterocycles. The van der Waals surface area contributed by atoms with E-state index < -0.39 is 0 Å². The van der Waals surface area contributed by atoms with Crippen LogP contribution in [0.4, 0.5) is 0 Å². The van der Waals surface area contributed by atoms with Gasteiger partial charge in [0.05, 0.1) is 0 Å². The zero-order valence-corrected chi connectivity index (χ0v) is 11.6. The minimum atomic E-state index is 0. The number of imidazole rings is 2. The van der Waals surface area contributed by atoms with Crippen LogP contribution in [0.3, 0.4) is 0 Å². The smallest absolute Gasteiger partial charge is 0.0273 e. The van der Waals surface area contributed by atoms with Gasteiger partial charge in [0, 0.05) is 48.3 Å². The average Bonchev–Trinajstić information content (AvgIpc) is 2.83. The maximum Gasteiger partial charge on any atom is 0.0273 e. The summed E-state index contributed by atoms with van der Waals surface area (Å²) in [7, 11) is 0. The molecule has 0 aliphatic carbocycles. The van der Waals surface area contributed by atoms with Crippen molar-refractivity contribution in [2.75, 3.05) is 0 Å². The first kappa shape index (κ1) is 10.5. The zero-order valence-electron chi connectivity index (χ0n) is 8.84. The molecule has 0 N–H and O–H groups in total. The van der Waals surface area contributed by atoms with Crippen molar-refractivity contribution >= 4 is 27.8 Å². The Labute approximate surface area is 111 Å². The van der Waals surface area contributed by atoms with Crippen LogP contribution in [-0.2, 0) is 20.4 Å². The first-order valence-corrected chi connectivity index (χ1v) is 5.22. The molecule has 0 atom stereocenters. The Bertz CT molecular complexity index is 748. The fourth-order valence-corrected chi connectivity index (χ4v) is 2.18. The summed E-state index contributed by atoms with van der Waals surface area (Å²) in [6, 6.07) is 16.2. The summed E-state index contributed by atoms with van der Waals surface area (Å²) in [6.07, 6.45) is 0. The van der Waals surface area contributed by atoms with Crippen LogP contribution in [0.25, 0.3) is 27.8 Å². The van der Waals surface area contributed by atoms with Crippen molar-refractivity contribution in [2.24, 2.45) is 0 Å². The van der Waals surface area contributed by atoms with E-state index in [1.807, 2.05) is 36.4 Å². The molecular weight excluding hydrogens is 384 g/mol. The van der Waals surface area contributed by atoms with Gasteiger partial charge in [-0.1, -0.05) is 48.5 Å². The minimum absolute atomic E-state index is 0. The van der Waals surface area contributed by atoms with Gasteiger partial charge in [0.15, 0.2) is 0 Å². The number of para-hydroxylation sites is 4. The van der Waals surface area contributed by atoms with Gasteiger partial charge in [-0.15, -0.1) is 0 Å². The SMILES string of the molecule is [Re].c1ccc2c(c1)nc1[n-]c3ccccc3n12. The van der Waals surface area contributed by atoms with Crippen LogP contribution in [0.2, 0.25) is 0 Å². The Morgan fingerprint density at radius 1 is 0.882 bits per heavy atom. The molecule has 0 aliphatic heterocycles. The molecule has 0 amide bonds. The van der Waals surface area contributed by atoms with E-state index in [9.17, 15) is 0 Å². The van der Waals surface area contributed by atoms with Crippen molar-refractivity contribution in [3.05, 3.63) is 48.5 Å². The first-order valence-electron chi connectivity index (χ1n) is 5.22. The maximum absolute atomic E-state index is 4.50. The quantitative estimate of drug-likeness (QED) is 0.461. The normalized spacial score (nSPS) is 11.1. The number of aromatic nitrogens is 3. The van der Waals surface area contributed by atoms with E-state index in [-0.39, 0.29) is 20.4 Å². The van der Waals surface area contributed by atoms with Crippen LogP contribution in [0.1, 0.15) is 0 Å². The molecule has 4 heteroatoms. The number of rotatable bonds is 0. The van der Waals surface area contributed by atoms with Crippen LogP contribution in [0.5, 0.6) is 0 Å². The molecule has 0 saturated carbocycles. The number of nitrogens with zero attached hydrogens (tertiary/aromatic N) is 3. The standard InChI is InChI=1S/C13H8N3.Re/c1-3-7-11-9(5-1)14-13-15-10-6-2-4-8-12(10)16(11)13;/h1-8H;/q-1;. The van der Waals surface area contributed by atoms with Crippen LogP contribution in [-0.4, -0.2) is 9.38 Å². The van der Waals surface area contributed by atoms with Gasteiger partial charge >= 0.3 is 0 Å². The van der Waals surface area contributed by atoms with Gasteiger partial charge in [0.25, 0.3) is 0 Å². The van der Waals surface area contributed by atoms with E-state index in [4.69, 9.17) is 0 Å². The predicted molar refractivity (Wildman–Crippen MR) is 63.5 cm³/mol. The van der Waals surface area contributed by atoms with Crippen molar-refractivity contribution in [1.29, 1.82) is 0 Å². The van der Waals surface area contributed by atoms with Crippen molar-refractivity contribution in [1.82, 2.24) is 14.4 Å². The molecular formula is C13H8N3Re-. The second-order valence-electron chi connectivity index (χ2n) is 3.84. The van der Waals surface area contributed by atoms with Gasteiger partial charge in [0.2, 0.25) is 0 Å². The Kier molecular flexibility index (Phi) is 2.29. The largest absolute Gasteiger partial charge is 0.366 e. The second kappa shape index (κ2) is 3.70. The summed E-state index contributed by atoms with van der Waals surface area (Å²) in [5, 5.41) is 0. The third-order valence-corrected chi connectivity index (χ3v) is 2.89. The molecule has 0 bridgehead atoms. The molecule has 3 nitrogen and oxygen atoms in total. The van der Waals surface area contributed by atoms with Crippen molar-refractivity contribution in [2.45, 2.75) is 0 Å². The molecule has 0 saturated heterocycles. The van der Waals surface area contributed by atoms with E-state index in [0.29, 0.717) is 0 Å². The van der Waals surface area contributed by atoms with Gasteiger partial charge in [-0.25, -0.2) is 0 Å². The summed E-state index contributed by atoms with van der Waals surface area (Å²) in [4.78, 5) is 9.01. The molecule has 0 fully saturated rings. The zero-order chi connectivity index (χ0) is 10.5. The van der Waals surface area contributed by atoms with Crippen LogP contribution in [0, 0.1) is 0 Å². The Hall–Kier alpha value is -1.63. The van der Waals surface area contributed by atoms with Gasteiger partial charge in [-0.3, -0.25) is 0 Å². The molecule has 0 spiro atoms. The first-order chi connectivity index (χ1) is 7.93. The van der Waals surface area contributed by atoms with Crippen LogP contribution in [0.15, 0.2) is 48.5 Å². The van der Waals surface area contributed by atoms with Crippen LogP contribution < -0.4 is 4.98 Å². The van der Waals surface area contributed by atoms with E-state index in [1.165, 1.54) is 0 Å². The molecule has 2 aromatic carbocycles. The minimum Gasteiger partial charge on any atom is -0.366 e. The summed E-state index contributed by atoms with van der Waals surface area (Å²) in [6.45, 7) is 0. The Morgan fingerprint density at radius 3 is 2.47 bits per heavy atom. The fraction of sp³-hybridized carbons (Fsp3) is 0. The number of hydrogen-bond donors (Lipinski definition) is 0. The van der Waals surface area contributed by atoms with Crippen LogP contribution >= 0.6 is 0 Å². The van der Waals surface area contributed by atoms with Crippen molar-refractivity contribution in [3.8, 4) is 0 Å². The molecule has 0 aliphatic rings. The van der Waals surface area contributed by atoms with E-state index in [2.05, 4.69) is 26.5 Å². The third-order valence-electron chi connectivity index (χ3n) is 2.89. The van der Waals surface area contributed by atoms with E-state index in [0.717, 1.165) is 27.8 Å². The number of benzene rings is 2. The summed E-state index contributed by atoms with van der Waals surface area (Å²) >= 11 is 0. The molecule has 1 radical (unpaired) electrons. The monoisotopic (exact) mass is 393 g/mol. The van der Waals surface area contributed by atoms with Gasteiger partial charge in [-0.2, -0.15) is 0 Å². The molecule has 2 heterocycles. The molecule has 17 heavy (non-hydrogen) atoms. The fourth-order valence-electron chi connectivity index (χ4n) is 2.18. The van der Waals surface area contributed by atoms with Gasteiger partial charge in [-0.05, 0) is 0 Å². The van der Waals surface area contributed by atoms with Crippen molar-refractivity contribution < 1.29 is 20.4 Å². The summed E-state index contributed by atoms with van der Waals surface area (Å²) in [5.74, 6) is 0.780. The van der Waals surface area contributed by atoms with E-state index in [1.54, 1.807) is 0 Å². The maximum atomic E-state index is 4.50. The number of hydrogen-bond acceptors (Lipinski definition) is 1. The molecule has 4 rings (SSSR count). The molecule has 4 aromatic rings. The second-order valence-corrected chi connectivity index (χ2v) is 3.84. The molecule has 83 valence electrons. The Morgan fingerprint density at radius 2 is 1.59 bits per heavy atom. The van der Waals surface area contributed by atoms with Gasteiger partial charge < -0.3 is 14.4 Å². The average molecular weight is 392 g/mol. The van der Waals surface area contributed by atoms with E-state index >= 15 is 0 Å². The predicted octanol–water partition coefficient (Wildman–Crippen LogP) is 2.60. The molecule has 0 unspecified atom stereocenters. The van der Waals surface area contributed by atoms with Crippen molar-refractivity contribution in [3.63, 3.8) is 0 Å². The Balaban J connectivity index is 0.000000902. The summed E-state index contributed by atoms with van der Waals surface area (Å²) < 4.78 is 2.10.